The highest BCUT2D eigenvalue weighted by Gasteiger charge is 2.19. The minimum atomic E-state index is 0.611. The lowest BCUT2D eigenvalue weighted by molar-refractivity contribution is 0.596. The summed E-state index contributed by atoms with van der Waals surface area (Å²) in [4.78, 5) is 15.5. The van der Waals surface area contributed by atoms with Gasteiger partial charge in [0.15, 0.2) is 11.6 Å². The Bertz CT molecular complexity index is 900. The van der Waals surface area contributed by atoms with Crippen molar-refractivity contribution >= 4 is 23.9 Å². The van der Waals surface area contributed by atoms with Gasteiger partial charge in [0, 0.05) is 31.5 Å². The van der Waals surface area contributed by atoms with Crippen LogP contribution in [0.25, 0.3) is 17.9 Å². The van der Waals surface area contributed by atoms with Crippen LogP contribution in [0.5, 0.6) is 0 Å². The van der Waals surface area contributed by atoms with E-state index in [2.05, 4.69) is 30.0 Å². The van der Waals surface area contributed by atoms with Crippen LogP contribution in [0.2, 0.25) is 0 Å². The van der Waals surface area contributed by atoms with Gasteiger partial charge in [-0.25, -0.2) is 14.2 Å². The molecule has 118 valence electrons. The zero-order valence-electron chi connectivity index (χ0n) is 13.4. The van der Waals surface area contributed by atoms with Crippen molar-refractivity contribution in [1.82, 2.24) is 34.3 Å². The predicted octanol–water partition coefficient (Wildman–Crippen LogP) is 1.25. The van der Waals surface area contributed by atoms with Gasteiger partial charge < -0.3 is 4.90 Å². The van der Waals surface area contributed by atoms with E-state index in [1.807, 2.05) is 39.1 Å². The summed E-state index contributed by atoms with van der Waals surface area (Å²) in [5, 5.41) is 8.89. The molecule has 0 radical (unpaired) electrons. The van der Waals surface area contributed by atoms with Crippen LogP contribution in [0.15, 0.2) is 6.07 Å². The molecule has 4 rings (SSSR count). The fraction of sp³-hybridized carbons (Fsp3) is 0.400. The van der Waals surface area contributed by atoms with E-state index in [1.54, 1.807) is 9.20 Å². The number of hydrogen-bond donors (Lipinski definition) is 0. The molecule has 0 spiro atoms. The SMILES string of the molecule is Cc1cc(C)n2nc(/C=C/c3nc(N4CCC4)nn3C)nc2n1. The smallest absolute Gasteiger partial charge is 0.253 e. The van der Waals surface area contributed by atoms with Crippen molar-refractivity contribution < 1.29 is 0 Å². The van der Waals surface area contributed by atoms with Crippen molar-refractivity contribution in [2.24, 2.45) is 7.05 Å². The Balaban J connectivity index is 1.63. The third-order valence-corrected chi connectivity index (χ3v) is 3.94. The second kappa shape index (κ2) is 5.15. The van der Waals surface area contributed by atoms with Crippen LogP contribution in [0.1, 0.15) is 29.5 Å². The van der Waals surface area contributed by atoms with E-state index >= 15 is 0 Å². The molecule has 0 N–H and O–H groups in total. The molecular weight excluding hydrogens is 292 g/mol. The molecule has 0 aliphatic carbocycles. The molecule has 0 unspecified atom stereocenters. The number of anilines is 1. The molecule has 8 nitrogen and oxygen atoms in total. The second-order valence-electron chi connectivity index (χ2n) is 5.79. The average Bonchev–Trinajstić information content (AvgIpc) is 2.98. The maximum Gasteiger partial charge on any atom is 0.253 e. The van der Waals surface area contributed by atoms with E-state index in [4.69, 9.17) is 0 Å². The highest BCUT2D eigenvalue weighted by atomic mass is 15.4. The Morgan fingerprint density at radius 1 is 1.04 bits per heavy atom. The van der Waals surface area contributed by atoms with Gasteiger partial charge in [-0.1, -0.05) is 0 Å². The number of aromatic nitrogens is 7. The lowest BCUT2D eigenvalue weighted by atomic mass is 10.2. The average molecular weight is 310 g/mol. The van der Waals surface area contributed by atoms with E-state index < -0.39 is 0 Å². The summed E-state index contributed by atoms with van der Waals surface area (Å²) in [6, 6.07) is 1.98. The number of aryl methyl sites for hydroxylation is 3. The lowest BCUT2D eigenvalue weighted by Crippen LogP contribution is -2.37. The molecular formula is C15H18N8. The molecule has 3 aromatic heterocycles. The van der Waals surface area contributed by atoms with Gasteiger partial charge in [-0.2, -0.15) is 9.97 Å². The maximum atomic E-state index is 4.55. The number of rotatable bonds is 3. The van der Waals surface area contributed by atoms with Crippen molar-refractivity contribution in [1.29, 1.82) is 0 Å². The van der Waals surface area contributed by atoms with E-state index in [9.17, 15) is 0 Å². The molecule has 0 amide bonds. The Hall–Kier alpha value is -2.77. The Kier molecular flexibility index (Phi) is 3.10. The summed E-state index contributed by atoms with van der Waals surface area (Å²) in [5.41, 5.74) is 1.95. The standard InChI is InChI=1S/C15H18N8/c1-10-9-11(2)23-14(16-10)17-12(19-23)5-6-13-18-15(20-21(13)3)22-7-4-8-22/h5-6,9H,4,7-8H2,1-3H3/b6-5+. The molecule has 0 aromatic carbocycles. The monoisotopic (exact) mass is 310 g/mol. The van der Waals surface area contributed by atoms with Crippen LogP contribution in [-0.2, 0) is 7.05 Å². The first-order valence-electron chi connectivity index (χ1n) is 7.65. The van der Waals surface area contributed by atoms with Crippen LogP contribution in [0, 0.1) is 13.8 Å². The molecule has 4 heterocycles. The van der Waals surface area contributed by atoms with E-state index in [-0.39, 0.29) is 0 Å². The van der Waals surface area contributed by atoms with Gasteiger partial charge in [0.2, 0.25) is 5.95 Å². The normalized spacial score (nSPS) is 14.8. The van der Waals surface area contributed by atoms with E-state index in [1.165, 1.54) is 6.42 Å². The first-order valence-corrected chi connectivity index (χ1v) is 7.65. The van der Waals surface area contributed by atoms with Gasteiger partial charge in [-0.3, -0.25) is 0 Å². The lowest BCUT2D eigenvalue weighted by Gasteiger charge is -2.29. The highest BCUT2D eigenvalue weighted by molar-refractivity contribution is 5.64. The van der Waals surface area contributed by atoms with Crippen molar-refractivity contribution in [2.75, 3.05) is 18.0 Å². The van der Waals surface area contributed by atoms with Crippen LogP contribution in [0.4, 0.5) is 5.95 Å². The number of fused-ring (bicyclic) bond motifs is 1. The summed E-state index contributed by atoms with van der Waals surface area (Å²) in [6.07, 6.45) is 4.93. The Labute approximate surface area is 133 Å². The van der Waals surface area contributed by atoms with Gasteiger partial charge in [0.25, 0.3) is 5.78 Å². The Morgan fingerprint density at radius 2 is 1.87 bits per heavy atom. The van der Waals surface area contributed by atoms with Crippen molar-refractivity contribution in [3.63, 3.8) is 0 Å². The third kappa shape index (κ3) is 2.45. The molecule has 1 fully saturated rings. The predicted molar refractivity (Wildman–Crippen MR) is 87.0 cm³/mol. The Morgan fingerprint density at radius 3 is 2.61 bits per heavy atom. The first-order chi connectivity index (χ1) is 11.1. The molecule has 1 saturated heterocycles. The summed E-state index contributed by atoms with van der Waals surface area (Å²) in [6.45, 7) is 6.01. The van der Waals surface area contributed by atoms with Crippen molar-refractivity contribution in [2.45, 2.75) is 20.3 Å². The fourth-order valence-electron chi connectivity index (χ4n) is 2.58. The zero-order valence-corrected chi connectivity index (χ0v) is 13.4. The topological polar surface area (TPSA) is 77.0 Å². The molecule has 8 heteroatoms. The van der Waals surface area contributed by atoms with Crippen molar-refractivity contribution in [3.8, 4) is 0 Å². The highest BCUT2D eigenvalue weighted by Crippen LogP contribution is 2.17. The number of hydrogen-bond acceptors (Lipinski definition) is 6. The fourth-order valence-corrected chi connectivity index (χ4v) is 2.58. The molecule has 0 atom stereocenters. The summed E-state index contributed by atoms with van der Waals surface area (Å²) in [5.74, 6) is 2.79. The van der Waals surface area contributed by atoms with Crippen LogP contribution in [0.3, 0.4) is 0 Å². The first kappa shape index (κ1) is 13.9. The van der Waals surface area contributed by atoms with Crippen LogP contribution >= 0.6 is 0 Å². The minimum Gasteiger partial charge on any atom is -0.339 e. The molecule has 0 saturated carbocycles. The third-order valence-electron chi connectivity index (χ3n) is 3.94. The van der Waals surface area contributed by atoms with E-state index in [0.717, 1.165) is 36.3 Å². The van der Waals surface area contributed by atoms with Gasteiger partial charge in [-0.05, 0) is 38.5 Å². The van der Waals surface area contributed by atoms with E-state index in [0.29, 0.717) is 11.6 Å². The van der Waals surface area contributed by atoms with Gasteiger partial charge >= 0.3 is 0 Å². The molecule has 1 aliphatic heterocycles. The molecule has 3 aromatic rings. The molecule has 1 aliphatic rings. The van der Waals surface area contributed by atoms with Gasteiger partial charge in [-0.15, -0.1) is 10.2 Å². The van der Waals surface area contributed by atoms with Gasteiger partial charge in [0.05, 0.1) is 0 Å². The maximum absolute atomic E-state index is 4.55. The quantitative estimate of drug-likeness (QED) is 0.724. The molecule has 0 bridgehead atoms. The van der Waals surface area contributed by atoms with Crippen LogP contribution < -0.4 is 4.90 Å². The van der Waals surface area contributed by atoms with Crippen LogP contribution in [-0.4, -0.2) is 47.4 Å². The minimum absolute atomic E-state index is 0.611. The summed E-state index contributed by atoms with van der Waals surface area (Å²) in [7, 11) is 1.89. The van der Waals surface area contributed by atoms with Crippen molar-refractivity contribution in [3.05, 3.63) is 29.1 Å². The van der Waals surface area contributed by atoms with Gasteiger partial charge in [0.1, 0.15) is 0 Å². The largest absolute Gasteiger partial charge is 0.339 e. The zero-order chi connectivity index (χ0) is 16.0. The summed E-state index contributed by atoms with van der Waals surface area (Å²) >= 11 is 0. The summed E-state index contributed by atoms with van der Waals surface area (Å²) < 4.78 is 3.52. The second-order valence-corrected chi connectivity index (χ2v) is 5.79. The number of nitrogens with zero attached hydrogens (tertiary/aromatic N) is 8. The molecule has 23 heavy (non-hydrogen) atoms.